The topological polar surface area (TPSA) is 120 Å². The zero-order chi connectivity index (χ0) is 23.3. The van der Waals surface area contributed by atoms with E-state index in [0.29, 0.717) is 26.9 Å². The molecule has 0 fully saturated rings. The summed E-state index contributed by atoms with van der Waals surface area (Å²) in [5.74, 6) is -1.43. The van der Waals surface area contributed by atoms with Crippen molar-refractivity contribution in [1.29, 1.82) is 0 Å². The second-order valence-electron chi connectivity index (χ2n) is 6.66. The van der Waals surface area contributed by atoms with E-state index in [2.05, 4.69) is 10.6 Å². The average molecular weight is 457 g/mol. The molecule has 0 aliphatic heterocycles. The summed E-state index contributed by atoms with van der Waals surface area (Å²) in [5, 5.41) is 5.86. The van der Waals surface area contributed by atoms with Gasteiger partial charge < -0.3 is 25.8 Å². The molecule has 10 heteroatoms. The van der Waals surface area contributed by atoms with E-state index in [9.17, 15) is 18.8 Å². The van der Waals surface area contributed by atoms with Crippen LogP contribution in [0.15, 0.2) is 48.5 Å². The van der Waals surface area contributed by atoms with Gasteiger partial charge in [-0.25, -0.2) is 4.39 Å². The molecule has 32 heavy (non-hydrogen) atoms. The third-order valence-electron chi connectivity index (χ3n) is 4.24. The predicted octanol–water partition coefficient (Wildman–Crippen LogP) is 3.57. The molecular weight excluding hydrogens is 437 g/mol. The summed E-state index contributed by atoms with van der Waals surface area (Å²) in [6, 6.07) is 11.7. The van der Waals surface area contributed by atoms with E-state index in [1.54, 1.807) is 25.1 Å². The van der Waals surface area contributed by atoms with Crippen LogP contribution in [0.5, 0.6) is 11.5 Å². The minimum atomic E-state index is -0.650. The molecule has 3 amide bonds. The Morgan fingerprint density at radius 1 is 1.03 bits per heavy atom. The lowest BCUT2D eigenvalue weighted by Gasteiger charge is -2.12. The highest BCUT2D eigenvalue weighted by atomic mass is 32.1. The Labute approximate surface area is 187 Å². The first-order chi connectivity index (χ1) is 15.3. The zero-order valence-electron chi connectivity index (χ0n) is 17.2. The van der Waals surface area contributed by atoms with Crippen LogP contribution in [0, 0.1) is 12.7 Å². The molecule has 0 saturated carbocycles. The quantitative estimate of drug-likeness (QED) is 0.478. The fourth-order valence-corrected chi connectivity index (χ4v) is 3.75. The van der Waals surface area contributed by atoms with E-state index >= 15 is 0 Å². The molecular formula is C22H20FN3O5S. The van der Waals surface area contributed by atoms with Gasteiger partial charge in [0.15, 0.2) is 18.1 Å². The largest absolute Gasteiger partial charge is 0.493 e. The van der Waals surface area contributed by atoms with Crippen molar-refractivity contribution in [3.8, 4) is 11.5 Å². The van der Waals surface area contributed by atoms with Crippen LogP contribution < -0.4 is 25.8 Å². The number of nitrogens with two attached hydrogens (primary N) is 1. The monoisotopic (exact) mass is 457 g/mol. The van der Waals surface area contributed by atoms with Gasteiger partial charge in [0.05, 0.1) is 17.0 Å². The van der Waals surface area contributed by atoms with Crippen molar-refractivity contribution in [2.75, 3.05) is 24.4 Å². The maximum absolute atomic E-state index is 13.3. The lowest BCUT2D eigenvalue weighted by Crippen LogP contribution is -2.20. The Hall–Kier alpha value is -3.92. The standard InChI is InChI=1S/C22H20FN3O5S/c1-12-8-19(26-21(28)13-4-3-5-14(23)9-13)32-20(12)22(29)25-15-6-7-16(30-2)17(10-15)31-11-18(24)27/h3-10H,11H2,1-2H3,(H2,24,27)(H,25,29)(H,26,28). The number of anilines is 2. The van der Waals surface area contributed by atoms with E-state index in [1.165, 1.54) is 31.4 Å². The van der Waals surface area contributed by atoms with Crippen molar-refractivity contribution in [2.24, 2.45) is 5.73 Å². The van der Waals surface area contributed by atoms with Gasteiger partial charge >= 0.3 is 0 Å². The van der Waals surface area contributed by atoms with Crippen LogP contribution in [0.3, 0.4) is 0 Å². The van der Waals surface area contributed by atoms with E-state index in [-0.39, 0.29) is 17.9 Å². The van der Waals surface area contributed by atoms with Crippen molar-refractivity contribution < 1.29 is 28.2 Å². The summed E-state index contributed by atoms with van der Waals surface area (Å²) in [7, 11) is 1.44. The molecule has 0 aliphatic rings. The minimum absolute atomic E-state index is 0.170. The van der Waals surface area contributed by atoms with Gasteiger partial charge in [0, 0.05) is 17.3 Å². The van der Waals surface area contributed by atoms with Gasteiger partial charge in [-0.05, 0) is 48.9 Å². The lowest BCUT2D eigenvalue weighted by molar-refractivity contribution is -0.119. The average Bonchev–Trinajstić information content (AvgIpc) is 3.12. The molecule has 3 aromatic rings. The number of halogens is 1. The fraction of sp³-hybridized carbons (Fsp3) is 0.136. The molecule has 0 unspecified atom stereocenters. The van der Waals surface area contributed by atoms with Crippen LogP contribution in [0.25, 0.3) is 0 Å². The number of benzene rings is 2. The molecule has 1 aromatic heterocycles. The van der Waals surface area contributed by atoms with Gasteiger partial charge in [0.2, 0.25) is 0 Å². The molecule has 0 saturated heterocycles. The summed E-state index contributed by atoms with van der Waals surface area (Å²) in [6.07, 6.45) is 0. The summed E-state index contributed by atoms with van der Waals surface area (Å²) in [4.78, 5) is 36.5. The number of hydrogen-bond donors (Lipinski definition) is 3. The molecule has 0 atom stereocenters. The Kier molecular flexibility index (Phi) is 7.06. The van der Waals surface area contributed by atoms with Crippen LogP contribution in [-0.2, 0) is 4.79 Å². The predicted molar refractivity (Wildman–Crippen MR) is 119 cm³/mol. The van der Waals surface area contributed by atoms with Crippen molar-refractivity contribution in [3.63, 3.8) is 0 Å². The van der Waals surface area contributed by atoms with Gasteiger partial charge in [-0.2, -0.15) is 0 Å². The number of methoxy groups -OCH3 is 1. The van der Waals surface area contributed by atoms with Gasteiger partial charge in [-0.3, -0.25) is 14.4 Å². The smallest absolute Gasteiger partial charge is 0.266 e. The van der Waals surface area contributed by atoms with Crippen molar-refractivity contribution >= 4 is 39.7 Å². The highest BCUT2D eigenvalue weighted by Crippen LogP contribution is 2.32. The first-order valence-corrected chi connectivity index (χ1v) is 10.2. The van der Waals surface area contributed by atoms with Crippen LogP contribution >= 0.6 is 11.3 Å². The fourth-order valence-electron chi connectivity index (χ4n) is 2.79. The Morgan fingerprint density at radius 2 is 1.81 bits per heavy atom. The molecule has 0 bridgehead atoms. The second kappa shape index (κ2) is 9.92. The summed E-state index contributed by atoms with van der Waals surface area (Å²) < 4.78 is 23.8. The molecule has 8 nitrogen and oxygen atoms in total. The highest BCUT2D eigenvalue weighted by molar-refractivity contribution is 7.18. The summed E-state index contributed by atoms with van der Waals surface area (Å²) in [6.45, 7) is 1.39. The third-order valence-corrected chi connectivity index (χ3v) is 5.39. The third kappa shape index (κ3) is 5.61. The molecule has 166 valence electrons. The Morgan fingerprint density at radius 3 is 2.50 bits per heavy atom. The zero-order valence-corrected chi connectivity index (χ0v) is 18.0. The summed E-state index contributed by atoms with van der Waals surface area (Å²) in [5.41, 5.74) is 6.34. The first kappa shape index (κ1) is 22.8. The number of nitrogens with one attached hydrogen (secondary N) is 2. The first-order valence-electron chi connectivity index (χ1n) is 9.34. The van der Waals surface area contributed by atoms with Crippen molar-refractivity contribution in [3.05, 3.63) is 70.4 Å². The SMILES string of the molecule is COc1ccc(NC(=O)c2sc(NC(=O)c3cccc(F)c3)cc2C)cc1OCC(N)=O. The van der Waals surface area contributed by atoms with Crippen LogP contribution in [0.4, 0.5) is 15.1 Å². The van der Waals surface area contributed by atoms with Gasteiger partial charge in [0.25, 0.3) is 17.7 Å². The minimum Gasteiger partial charge on any atom is -0.493 e. The molecule has 0 aliphatic carbocycles. The number of carbonyl (C=O) groups is 3. The number of hydrogen-bond acceptors (Lipinski definition) is 6. The van der Waals surface area contributed by atoms with Crippen LogP contribution in [0.1, 0.15) is 25.6 Å². The van der Waals surface area contributed by atoms with E-state index < -0.39 is 23.5 Å². The molecule has 2 aromatic carbocycles. The number of rotatable bonds is 8. The summed E-state index contributed by atoms with van der Waals surface area (Å²) >= 11 is 1.09. The van der Waals surface area contributed by atoms with E-state index in [4.69, 9.17) is 15.2 Å². The van der Waals surface area contributed by atoms with E-state index in [0.717, 1.165) is 17.4 Å². The molecule has 0 spiro atoms. The van der Waals surface area contributed by atoms with E-state index in [1.807, 2.05) is 0 Å². The molecule has 1 heterocycles. The van der Waals surface area contributed by atoms with Gasteiger partial charge in [0.1, 0.15) is 5.82 Å². The molecule has 3 rings (SSSR count). The normalized spacial score (nSPS) is 10.3. The number of amides is 3. The van der Waals surface area contributed by atoms with Crippen LogP contribution in [0.2, 0.25) is 0 Å². The number of primary amides is 1. The highest BCUT2D eigenvalue weighted by Gasteiger charge is 2.17. The molecule has 0 radical (unpaired) electrons. The van der Waals surface area contributed by atoms with Crippen molar-refractivity contribution in [2.45, 2.75) is 6.92 Å². The number of carbonyl (C=O) groups excluding carboxylic acids is 3. The number of thiophene rings is 1. The van der Waals surface area contributed by atoms with Crippen LogP contribution in [-0.4, -0.2) is 31.4 Å². The molecule has 4 N–H and O–H groups in total. The number of aryl methyl sites for hydroxylation is 1. The maximum atomic E-state index is 13.3. The maximum Gasteiger partial charge on any atom is 0.266 e. The number of ether oxygens (including phenoxy) is 2. The lowest BCUT2D eigenvalue weighted by atomic mass is 10.2. The van der Waals surface area contributed by atoms with Gasteiger partial charge in [-0.15, -0.1) is 11.3 Å². The Balaban J connectivity index is 1.73. The van der Waals surface area contributed by atoms with Gasteiger partial charge in [-0.1, -0.05) is 6.07 Å². The Bertz CT molecular complexity index is 1180. The second-order valence-corrected chi connectivity index (χ2v) is 7.71. The van der Waals surface area contributed by atoms with Crippen molar-refractivity contribution in [1.82, 2.24) is 0 Å².